The summed E-state index contributed by atoms with van der Waals surface area (Å²) in [6.07, 6.45) is 0.820. The second-order valence-corrected chi connectivity index (χ2v) is 3.80. The minimum atomic E-state index is -0.135. The zero-order chi connectivity index (χ0) is 11.4. The molecule has 1 N–H and O–H groups in total. The SMILES string of the molecule is CC(=O)Nc1ccc(C(C)C)c(C=O)c1. The molecule has 0 saturated carbocycles. The van der Waals surface area contributed by atoms with Crippen LogP contribution in [0.4, 0.5) is 5.69 Å². The smallest absolute Gasteiger partial charge is 0.221 e. The van der Waals surface area contributed by atoms with Crippen molar-refractivity contribution in [2.24, 2.45) is 0 Å². The van der Waals surface area contributed by atoms with Gasteiger partial charge in [0, 0.05) is 18.2 Å². The van der Waals surface area contributed by atoms with E-state index >= 15 is 0 Å². The lowest BCUT2D eigenvalue weighted by Crippen LogP contribution is -2.06. The molecule has 0 spiro atoms. The first-order chi connectivity index (χ1) is 7.04. The van der Waals surface area contributed by atoms with Gasteiger partial charge in [0.25, 0.3) is 0 Å². The molecule has 0 heterocycles. The minimum absolute atomic E-state index is 0.135. The normalized spacial score (nSPS) is 10.1. The van der Waals surface area contributed by atoms with Crippen LogP contribution in [0, 0.1) is 0 Å². The molecule has 0 atom stereocenters. The van der Waals surface area contributed by atoms with Gasteiger partial charge in [-0.2, -0.15) is 0 Å². The number of nitrogens with one attached hydrogen (secondary N) is 1. The molecular formula is C12H15NO2. The van der Waals surface area contributed by atoms with Gasteiger partial charge in [-0.3, -0.25) is 9.59 Å². The Morgan fingerprint density at radius 3 is 2.53 bits per heavy atom. The maximum absolute atomic E-state index is 10.9. The van der Waals surface area contributed by atoms with Crippen molar-refractivity contribution in [2.75, 3.05) is 5.32 Å². The maximum atomic E-state index is 10.9. The van der Waals surface area contributed by atoms with Crippen LogP contribution < -0.4 is 5.32 Å². The predicted octanol–water partition coefficient (Wildman–Crippen LogP) is 2.58. The standard InChI is InChI=1S/C12H15NO2/c1-8(2)12-5-4-11(13-9(3)15)6-10(12)7-14/h4-8H,1-3H3,(H,13,15). The first-order valence-corrected chi connectivity index (χ1v) is 4.91. The Morgan fingerprint density at radius 1 is 1.40 bits per heavy atom. The molecule has 1 aromatic rings. The molecular weight excluding hydrogens is 190 g/mol. The summed E-state index contributed by atoms with van der Waals surface area (Å²) >= 11 is 0. The zero-order valence-electron chi connectivity index (χ0n) is 9.20. The fraction of sp³-hybridized carbons (Fsp3) is 0.333. The highest BCUT2D eigenvalue weighted by Gasteiger charge is 2.07. The summed E-state index contributed by atoms with van der Waals surface area (Å²) in [7, 11) is 0. The van der Waals surface area contributed by atoms with Gasteiger partial charge in [-0.25, -0.2) is 0 Å². The van der Waals surface area contributed by atoms with Crippen LogP contribution >= 0.6 is 0 Å². The second-order valence-electron chi connectivity index (χ2n) is 3.80. The summed E-state index contributed by atoms with van der Waals surface area (Å²) in [5, 5.41) is 2.65. The van der Waals surface area contributed by atoms with Gasteiger partial charge in [0.2, 0.25) is 5.91 Å². The monoisotopic (exact) mass is 205 g/mol. The Bertz CT molecular complexity index is 383. The highest BCUT2D eigenvalue weighted by Crippen LogP contribution is 2.21. The van der Waals surface area contributed by atoms with Crippen molar-refractivity contribution in [3.05, 3.63) is 29.3 Å². The quantitative estimate of drug-likeness (QED) is 0.771. The van der Waals surface area contributed by atoms with E-state index in [9.17, 15) is 9.59 Å². The molecule has 1 rings (SSSR count). The summed E-state index contributed by atoms with van der Waals surface area (Å²) < 4.78 is 0. The number of carbonyl (C=O) groups excluding carboxylic acids is 2. The minimum Gasteiger partial charge on any atom is -0.326 e. The number of rotatable bonds is 3. The third kappa shape index (κ3) is 2.91. The number of aldehydes is 1. The average molecular weight is 205 g/mol. The van der Waals surface area contributed by atoms with Crippen LogP contribution in [0.3, 0.4) is 0 Å². The first-order valence-electron chi connectivity index (χ1n) is 4.91. The summed E-state index contributed by atoms with van der Waals surface area (Å²) in [5.41, 5.74) is 2.30. The van der Waals surface area contributed by atoms with Crippen LogP contribution in [0.5, 0.6) is 0 Å². The van der Waals surface area contributed by atoms with Crippen LogP contribution in [-0.4, -0.2) is 12.2 Å². The third-order valence-corrected chi connectivity index (χ3v) is 2.16. The van der Waals surface area contributed by atoms with Gasteiger partial charge in [0.1, 0.15) is 6.29 Å². The highest BCUT2D eigenvalue weighted by atomic mass is 16.1. The largest absolute Gasteiger partial charge is 0.326 e. The van der Waals surface area contributed by atoms with E-state index in [-0.39, 0.29) is 5.91 Å². The maximum Gasteiger partial charge on any atom is 0.221 e. The van der Waals surface area contributed by atoms with Crippen LogP contribution in [0.15, 0.2) is 18.2 Å². The van der Waals surface area contributed by atoms with E-state index in [1.807, 2.05) is 26.0 Å². The Balaban J connectivity index is 3.07. The van der Waals surface area contributed by atoms with Crippen LogP contribution in [0.2, 0.25) is 0 Å². The number of hydrogen-bond acceptors (Lipinski definition) is 2. The number of anilines is 1. The van der Waals surface area contributed by atoms with Crippen LogP contribution in [0.1, 0.15) is 42.6 Å². The van der Waals surface area contributed by atoms with Gasteiger partial charge in [0.15, 0.2) is 0 Å². The molecule has 0 unspecified atom stereocenters. The van der Waals surface area contributed by atoms with Gasteiger partial charge >= 0.3 is 0 Å². The molecule has 0 bridgehead atoms. The van der Waals surface area contributed by atoms with E-state index in [2.05, 4.69) is 5.32 Å². The van der Waals surface area contributed by atoms with Crippen LogP contribution in [-0.2, 0) is 4.79 Å². The highest BCUT2D eigenvalue weighted by molar-refractivity contribution is 5.90. The Hall–Kier alpha value is -1.64. The summed E-state index contributed by atoms with van der Waals surface area (Å²) in [4.78, 5) is 21.7. The third-order valence-electron chi connectivity index (χ3n) is 2.16. The Labute approximate surface area is 89.5 Å². The van der Waals surface area contributed by atoms with E-state index in [0.29, 0.717) is 17.2 Å². The fourth-order valence-corrected chi connectivity index (χ4v) is 1.48. The van der Waals surface area contributed by atoms with Gasteiger partial charge in [0.05, 0.1) is 0 Å². The molecule has 0 aliphatic heterocycles. The topological polar surface area (TPSA) is 46.2 Å². The van der Waals surface area contributed by atoms with Crippen molar-refractivity contribution in [2.45, 2.75) is 26.7 Å². The Morgan fingerprint density at radius 2 is 2.07 bits per heavy atom. The lowest BCUT2D eigenvalue weighted by atomic mass is 9.97. The predicted molar refractivity (Wildman–Crippen MR) is 60.2 cm³/mol. The van der Waals surface area contributed by atoms with Crippen LogP contribution in [0.25, 0.3) is 0 Å². The molecule has 0 fully saturated rings. The number of benzene rings is 1. The number of carbonyl (C=O) groups is 2. The molecule has 0 aromatic heterocycles. The van der Waals surface area contributed by atoms with Crippen molar-refractivity contribution in [1.82, 2.24) is 0 Å². The van der Waals surface area contributed by atoms with Gasteiger partial charge in [-0.15, -0.1) is 0 Å². The van der Waals surface area contributed by atoms with E-state index < -0.39 is 0 Å². The molecule has 0 aliphatic rings. The number of amides is 1. The van der Waals surface area contributed by atoms with Crippen molar-refractivity contribution in [3.8, 4) is 0 Å². The molecule has 0 radical (unpaired) electrons. The average Bonchev–Trinajstić information content (AvgIpc) is 2.16. The van der Waals surface area contributed by atoms with E-state index in [4.69, 9.17) is 0 Å². The fourth-order valence-electron chi connectivity index (χ4n) is 1.48. The molecule has 3 nitrogen and oxygen atoms in total. The molecule has 1 aromatic carbocycles. The lowest BCUT2D eigenvalue weighted by Gasteiger charge is -2.10. The van der Waals surface area contributed by atoms with Gasteiger partial charge < -0.3 is 5.32 Å². The molecule has 0 aliphatic carbocycles. The summed E-state index contributed by atoms with van der Waals surface area (Å²) in [5.74, 6) is 0.167. The van der Waals surface area contributed by atoms with Crippen molar-refractivity contribution < 1.29 is 9.59 Å². The zero-order valence-corrected chi connectivity index (χ0v) is 9.20. The van der Waals surface area contributed by atoms with E-state index in [1.165, 1.54) is 6.92 Å². The summed E-state index contributed by atoms with van der Waals surface area (Å²) in [6.45, 7) is 5.50. The molecule has 0 saturated heterocycles. The Kier molecular flexibility index (Phi) is 3.61. The van der Waals surface area contributed by atoms with Gasteiger partial charge in [-0.1, -0.05) is 19.9 Å². The lowest BCUT2D eigenvalue weighted by molar-refractivity contribution is -0.114. The molecule has 1 amide bonds. The van der Waals surface area contributed by atoms with Crippen molar-refractivity contribution in [3.63, 3.8) is 0 Å². The molecule has 3 heteroatoms. The molecule has 15 heavy (non-hydrogen) atoms. The molecule has 80 valence electrons. The number of hydrogen-bond donors (Lipinski definition) is 1. The summed E-state index contributed by atoms with van der Waals surface area (Å²) in [6, 6.07) is 5.38. The van der Waals surface area contributed by atoms with Gasteiger partial charge in [-0.05, 0) is 23.6 Å². The first kappa shape index (κ1) is 11.4. The van der Waals surface area contributed by atoms with E-state index in [0.717, 1.165) is 11.8 Å². The van der Waals surface area contributed by atoms with Crippen molar-refractivity contribution in [1.29, 1.82) is 0 Å². The second kappa shape index (κ2) is 4.73. The van der Waals surface area contributed by atoms with E-state index in [1.54, 1.807) is 6.07 Å². The van der Waals surface area contributed by atoms with Crippen molar-refractivity contribution >= 4 is 17.9 Å².